The fourth-order valence-electron chi connectivity index (χ4n) is 3.92. The van der Waals surface area contributed by atoms with Gasteiger partial charge in [-0.25, -0.2) is 0 Å². The number of nitrogens with one attached hydrogen (secondary N) is 1. The Labute approximate surface area is 163 Å². The molecule has 6 nitrogen and oxygen atoms in total. The molecular formula is C21H21BN2O4. The van der Waals surface area contributed by atoms with Gasteiger partial charge < -0.3 is 19.9 Å². The lowest BCUT2D eigenvalue weighted by molar-refractivity contribution is -0.117. The molecule has 0 spiro atoms. The number of carbonyl (C=O) groups excluding carboxylic acids is 2. The Kier molecular flexibility index (Phi) is 4.21. The van der Waals surface area contributed by atoms with Crippen LogP contribution in [0.2, 0.25) is 0 Å². The van der Waals surface area contributed by atoms with Crippen molar-refractivity contribution in [3.63, 3.8) is 0 Å². The topological polar surface area (TPSA) is 78.9 Å². The molecule has 0 radical (unpaired) electrons. The molecule has 7 heteroatoms. The van der Waals surface area contributed by atoms with Gasteiger partial charge in [0.2, 0.25) is 5.91 Å². The molecule has 0 aromatic heterocycles. The van der Waals surface area contributed by atoms with Crippen LogP contribution in [0.5, 0.6) is 0 Å². The first kappa shape index (κ1) is 17.5. The molecule has 2 aromatic rings. The largest absolute Gasteiger partial charge is 0.491 e. The van der Waals surface area contributed by atoms with Gasteiger partial charge in [-0.1, -0.05) is 24.3 Å². The van der Waals surface area contributed by atoms with Crippen molar-refractivity contribution in [2.24, 2.45) is 5.92 Å². The van der Waals surface area contributed by atoms with Crippen LogP contribution < -0.4 is 10.8 Å². The Balaban J connectivity index is 1.34. The first-order chi connectivity index (χ1) is 13.6. The highest BCUT2D eigenvalue weighted by atomic mass is 16.5. The molecular weight excluding hydrogens is 355 g/mol. The van der Waals surface area contributed by atoms with E-state index in [2.05, 4.69) is 5.32 Å². The number of rotatable bonds is 4. The number of benzene rings is 2. The monoisotopic (exact) mass is 376 g/mol. The molecule has 0 bridgehead atoms. The summed E-state index contributed by atoms with van der Waals surface area (Å²) in [5.41, 5.74) is 5.10. The number of anilines is 1. The first-order valence-corrected chi connectivity index (χ1v) is 9.73. The summed E-state index contributed by atoms with van der Waals surface area (Å²) >= 11 is 0. The van der Waals surface area contributed by atoms with Crippen molar-refractivity contribution in [3.05, 3.63) is 58.7 Å². The van der Waals surface area contributed by atoms with E-state index in [9.17, 15) is 14.6 Å². The molecule has 2 N–H and O–H groups in total. The second-order valence-electron chi connectivity index (χ2n) is 7.81. The van der Waals surface area contributed by atoms with Gasteiger partial charge in [0.05, 0.1) is 6.61 Å². The molecule has 0 atom stereocenters. The summed E-state index contributed by atoms with van der Waals surface area (Å²) < 4.78 is 5.24. The van der Waals surface area contributed by atoms with Crippen molar-refractivity contribution in [2.75, 3.05) is 11.9 Å². The number of fused-ring (bicyclic) bond motifs is 2. The molecule has 1 fully saturated rings. The molecule has 2 aromatic carbocycles. The first-order valence-electron chi connectivity index (χ1n) is 9.73. The van der Waals surface area contributed by atoms with Crippen LogP contribution in [0.25, 0.3) is 0 Å². The molecule has 2 amide bonds. The molecule has 2 aliphatic heterocycles. The molecule has 5 rings (SSSR count). The molecule has 3 aliphatic rings. The third kappa shape index (κ3) is 3.21. The zero-order valence-electron chi connectivity index (χ0n) is 15.5. The molecule has 28 heavy (non-hydrogen) atoms. The standard InChI is InChI=1S/C21H21BN2O4/c25-20(15-3-4-15)23-17-6-5-14-7-8-24(21(26)18(14)10-17)11-13-1-2-16-12-28-22(27)19(16)9-13/h1-2,5-6,9-10,15,27H,3-4,7-8,11-12H2,(H,23,25). The molecule has 0 saturated heterocycles. The van der Waals surface area contributed by atoms with E-state index in [1.54, 1.807) is 6.07 Å². The highest BCUT2D eigenvalue weighted by Gasteiger charge is 2.31. The quantitative estimate of drug-likeness (QED) is 0.792. The van der Waals surface area contributed by atoms with Gasteiger partial charge >= 0.3 is 7.12 Å². The number of nitrogens with zero attached hydrogens (tertiary/aromatic N) is 1. The Morgan fingerprint density at radius 1 is 1.21 bits per heavy atom. The lowest BCUT2D eigenvalue weighted by atomic mass is 9.79. The van der Waals surface area contributed by atoms with E-state index in [1.807, 2.05) is 35.2 Å². The van der Waals surface area contributed by atoms with Crippen LogP contribution in [0.4, 0.5) is 5.69 Å². The van der Waals surface area contributed by atoms with E-state index in [0.717, 1.165) is 41.4 Å². The minimum Gasteiger partial charge on any atom is -0.423 e. The highest BCUT2D eigenvalue weighted by molar-refractivity contribution is 6.61. The van der Waals surface area contributed by atoms with Crippen LogP contribution in [0, 0.1) is 5.92 Å². The van der Waals surface area contributed by atoms with Crippen molar-refractivity contribution in [1.29, 1.82) is 0 Å². The summed E-state index contributed by atoms with van der Waals surface area (Å²) in [5, 5.41) is 12.8. The Morgan fingerprint density at radius 2 is 2.04 bits per heavy atom. The van der Waals surface area contributed by atoms with E-state index in [-0.39, 0.29) is 17.7 Å². The van der Waals surface area contributed by atoms with Crippen LogP contribution in [0.15, 0.2) is 36.4 Å². The minimum atomic E-state index is -0.884. The lowest BCUT2D eigenvalue weighted by Gasteiger charge is -2.29. The van der Waals surface area contributed by atoms with E-state index in [4.69, 9.17) is 4.65 Å². The van der Waals surface area contributed by atoms with Gasteiger partial charge in [-0.15, -0.1) is 0 Å². The minimum absolute atomic E-state index is 0.0268. The summed E-state index contributed by atoms with van der Waals surface area (Å²) in [6.07, 6.45) is 2.68. The van der Waals surface area contributed by atoms with Crippen molar-refractivity contribution in [2.45, 2.75) is 32.4 Å². The van der Waals surface area contributed by atoms with Crippen molar-refractivity contribution >= 4 is 30.1 Å². The molecule has 1 saturated carbocycles. The predicted octanol–water partition coefficient (Wildman–Crippen LogP) is 1.45. The fraction of sp³-hybridized carbons (Fsp3) is 0.333. The lowest BCUT2D eigenvalue weighted by Crippen LogP contribution is -2.37. The summed E-state index contributed by atoms with van der Waals surface area (Å²) in [7, 11) is -0.884. The van der Waals surface area contributed by atoms with Gasteiger partial charge in [0.25, 0.3) is 5.91 Å². The third-order valence-electron chi connectivity index (χ3n) is 5.74. The van der Waals surface area contributed by atoms with Crippen LogP contribution in [0.1, 0.15) is 39.9 Å². The maximum Gasteiger partial charge on any atom is 0.491 e. The van der Waals surface area contributed by atoms with E-state index >= 15 is 0 Å². The number of carbonyl (C=O) groups is 2. The van der Waals surface area contributed by atoms with Crippen molar-refractivity contribution in [1.82, 2.24) is 4.90 Å². The second kappa shape index (κ2) is 6.76. The SMILES string of the molecule is O=C(Nc1ccc2c(c1)C(=O)N(Cc1ccc3c(c1)B(O)OC3)CC2)C1CC1. The molecule has 2 heterocycles. The van der Waals surface area contributed by atoms with Gasteiger partial charge in [-0.2, -0.15) is 0 Å². The zero-order chi connectivity index (χ0) is 19.3. The van der Waals surface area contributed by atoms with Crippen LogP contribution in [-0.4, -0.2) is 35.4 Å². The van der Waals surface area contributed by atoms with Gasteiger partial charge in [-0.3, -0.25) is 9.59 Å². The van der Waals surface area contributed by atoms with Crippen molar-refractivity contribution < 1.29 is 19.3 Å². The summed E-state index contributed by atoms with van der Waals surface area (Å²) in [6.45, 7) is 1.55. The summed E-state index contributed by atoms with van der Waals surface area (Å²) in [5.74, 6) is 0.141. The maximum atomic E-state index is 13.0. The Hall–Kier alpha value is -2.64. The number of hydrogen-bond donors (Lipinski definition) is 2. The summed E-state index contributed by atoms with van der Waals surface area (Å²) in [6, 6.07) is 11.5. The van der Waals surface area contributed by atoms with E-state index in [1.165, 1.54) is 0 Å². The average Bonchev–Trinajstić information content (AvgIpc) is 3.49. The van der Waals surface area contributed by atoms with Gasteiger partial charge in [0.1, 0.15) is 0 Å². The number of amides is 2. The normalized spacial score (nSPS) is 18.1. The molecule has 142 valence electrons. The fourth-order valence-corrected chi connectivity index (χ4v) is 3.92. The highest BCUT2D eigenvalue weighted by Crippen LogP contribution is 2.31. The van der Waals surface area contributed by atoms with Gasteiger partial charge in [0.15, 0.2) is 0 Å². The maximum absolute atomic E-state index is 13.0. The van der Waals surface area contributed by atoms with Gasteiger partial charge in [0, 0.05) is 30.3 Å². The third-order valence-corrected chi connectivity index (χ3v) is 5.74. The second-order valence-corrected chi connectivity index (χ2v) is 7.81. The number of hydrogen-bond acceptors (Lipinski definition) is 4. The molecule has 1 aliphatic carbocycles. The van der Waals surface area contributed by atoms with Crippen LogP contribution >= 0.6 is 0 Å². The smallest absolute Gasteiger partial charge is 0.423 e. The molecule has 0 unspecified atom stereocenters. The van der Waals surface area contributed by atoms with Crippen molar-refractivity contribution in [3.8, 4) is 0 Å². The Morgan fingerprint density at radius 3 is 2.86 bits per heavy atom. The zero-order valence-corrected chi connectivity index (χ0v) is 15.5. The predicted molar refractivity (Wildman–Crippen MR) is 105 cm³/mol. The van der Waals surface area contributed by atoms with E-state index < -0.39 is 7.12 Å². The van der Waals surface area contributed by atoms with E-state index in [0.29, 0.717) is 30.9 Å². The van der Waals surface area contributed by atoms with Gasteiger partial charge in [-0.05, 0) is 53.5 Å². The average molecular weight is 376 g/mol. The Bertz CT molecular complexity index is 973. The van der Waals surface area contributed by atoms with Crippen LogP contribution in [0.3, 0.4) is 0 Å². The van der Waals surface area contributed by atoms with Crippen LogP contribution in [-0.2, 0) is 29.0 Å². The summed E-state index contributed by atoms with van der Waals surface area (Å²) in [4.78, 5) is 26.9.